The van der Waals surface area contributed by atoms with Crippen LogP contribution >= 0.6 is 12.4 Å². The maximum absolute atomic E-state index is 12.9. The average Bonchev–Trinajstić information content (AvgIpc) is 3.24. The monoisotopic (exact) mass is 464 g/mol. The maximum atomic E-state index is 12.9. The van der Waals surface area contributed by atoms with Crippen molar-refractivity contribution >= 4 is 46.8 Å². The van der Waals surface area contributed by atoms with Crippen LogP contribution in [-0.4, -0.2) is 42.9 Å². The van der Waals surface area contributed by atoms with E-state index in [2.05, 4.69) is 20.9 Å². The van der Waals surface area contributed by atoms with E-state index in [1.165, 1.54) is 6.07 Å². The molecule has 0 spiro atoms. The molecule has 3 rings (SSSR count). The first-order valence-electron chi connectivity index (χ1n) is 10.3. The summed E-state index contributed by atoms with van der Waals surface area (Å²) in [4.78, 5) is 41.0. The molecule has 174 valence electrons. The second kappa shape index (κ2) is 11.5. The lowest BCUT2D eigenvalue weighted by molar-refractivity contribution is -0.127. The number of halogens is 1. The molecule has 0 bridgehead atoms. The molecule has 1 aromatic heterocycles. The van der Waals surface area contributed by atoms with Gasteiger partial charge < -0.3 is 31.8 Å². The van der Waals surface area contributed by atoms with Crippen LogP contribution in [0.4, 0.5) is 5.69 Å². The summed E-state index contributed by atoms with van der Waals surface area (Å²) in [5.74, 6) is -0.599. The van der Waals surface area contributed by atoms with E-state index in [0.29, 0.717) is 30.7 Å². The van der Waals surface area contributed by atoms with Crippen molar-refractivity contribution in [3.63, 3.8) is 0 Å². The average molecular weight is 465 g/mol. The van der Waals surface area contributed by atoms with Gasteiger partial charge in [0.2, 0.25) is 11.8 Å². The van der Waals surface area contributed by atoms with Crippen molar-refractivity contribution in [2.45, 2.75) is 44.7 Å². The molecule has 1 fully saturated rings. The molecule has 2 atom stereocenters. The Balaban J connectivity index is 0.00000363. The number of nitrogens with one attached hydrogen (secondary N) is 3. The van der Waals surface area contributed by atoms with Crippen LogP contribution in [0.1, 0.15) is 31.2 Å². The number of rotatable bonds is 8. The first kappa shape index (κ1) is 25.2. The lowest BCUT2D eigenvalue weighted by atomic mass is 10.1. The van der Waals surface area contributed by atoms with Gasteiger partial charge in [0.15, 0.2) is 5.96 Å². The van der Waals surface area contributed by atoms with Gasteiger partial charge >= 0.3 is 5.63 Å². The Morgan fingerprint density at radius 3 is 2.78 bits per heavy atom. The molecule has 0 radical (unpaired) electrons. The molecular weight excluding hydrogens is 436 g/mol. The Labute approximate surface area is 191 Å². The zero-order valence-corrected chi connectivity index (χ0v) is 18.7. The lowest BCUT2D eigenvalue weighted by Crippen LogP contribution is -2.49. The molecular formula is C21H29ClN6O4. The molecule has 7 N–H and O–H groups in total. The van der Waals surface area contributed by atoms with E-state index in [-0.39, 0.29) is 36.2 Å². The van der Waals surface area contributed by atoms with Crippen molar-refractivity contribution in [1.82, 2.24) is 10.6 Å². The van der Waals surface area contributed by atoms with Crippen molar-refractivity contribution in [1.29, 1.82) is 0 Å². The van der Waals surface area contributed by atoms with E-state index in [1.807, 2.05) is 6.92 Å². The van der Waals surface area contributed by atoms with Crippen molar-refractivity contribution in [3.8, 4) is 0 Å². The molecule has 2 heterocycles. The number of guanidine groups is 1. The number of fused-ring (bicyclic) bond motifs is 1. The molecule has 1 aliphatic heterocycles. The molecule has 1 aliphatic rings. The third-order valence-electron chi connectivity index (χ3n) is 5.17. The number of aryl methyl sites for hydroxylation is 1. The minimum atomic E-state index is -0.760. The molecule has 10 nitrogen and oxygen atoms in total. The van der Waals surface area contributed by atoms with Crippen molar-refractivity contribution in [3.05, 3.63) is 40.2 Å². The highest BCUT2D eigenvalue weighted by molar-refractivity contribution is 5.99. The Kier molecular flexibility index (Phi) is 9.03. The van der Waals surface area contributed by atoms with Gasteiger partial charge in [0.1, 0.15) is 11.6 Å². The Morgan fingerprint density at radius 2 is 2.09 bits per heavy atom. The van der Waals surface area contributed by atoms with Crippen LogP contribution in [0, 0.1) is 6.92 Å². The summed E-state index contributed by atoms with van der Waals surface area (Å²) < 4.78 is 5.24. The summed E-state index contributed by atoms with van der Waals surface area (Å²) in [6, 6.07) is 5.45. The number of hydrogen-bond donors (Lipinski definition) is 5. The Morgan fingerprint density at radius 1 is 1.31 bits per heavy atom. The number of amides is 2. The lowest BCUT2D eigenvalue weighted by Gasteiger charge is -2.20. The number of benzene rings is 1. The fraction of sp³-hybridized carbons (Fsp3) is 0.429. The normalized spacial score (nSPS) is 16.1. The quantitative estimate of drug-likeness (QED) is 0.166. The third kappa shape index (κ3) is 6.69. The van der Waals surface area contributed by atoms with Crippen LogP contribution in [0.2, 0.25) is 0 Å². The summed E-state index contributed by atoms with van der Waals surface area (Å²) in [5.41, 5.74) is 11.9. The fourth-order valence-electron chi connectivity index (χ4n) is 3.59. The van der Waals surface area contributed by atoms with Gasteiger partial charge in [-0.25, -0.2) is 4.79 Å². The van der Waals surface area contributed by atoms with Crippen LogP contribution < -0.4 is 33.0 Å². The van der Waals surface area contributed by atoms with Gasteiger partial charge in [-0.3, -0.25) is 14.6 Å². The maximum Gasteiger partial charge on any atom is 0.336 e. The molecule has 2 amide bonds. The van der Waals surface area contributed by atoms with Crippen LogP contribution in [0.5, 0.6) is 0 Å². The summed E-state index contributed by atoms with van der Waals surface area (Å²) in [5, 5.41) is 9.53. The van der Waals surface area contributed by atoms with Crippen molar-refractivity contribution < 1.29 is 14.0 Å². The summed E-state index contributed by atoms with van der Waals surface area (Å²) in [6.45, 7) is 2.95. The Bertz CT molecular complexity index is 1040. The van der Waals surface area contributed by atoms with Gasteiger partial charge in [0, 0.05) is 29.8 Å². The first-order valence-corrected chi connectivity index (χ1v) is 10.3. The third-order valence-corrected chi connectivity index (χ3v) is 5.17. The minimum Gasteiger partial charge on any atom is -0.423 e. The first-order chi connectivity index (χ1) is 14.8. The molecule has 0 saturated carbocycles. The van der Waals surface area contributed by atoms with Crippen LogP contribution in [-0.2, 0) is 9.59 Å². The van der Waals surface area contributed by atoms with E-state index < -0.39 is 11.7 Å². The minimum absolute atomic E-state index is 0. The topological polar surface area (TPSA) is 165 Å². The highest BCUT2D eigenvalue weighted by Crippen LogP contribution is 2.21. The van der Waals surface area contributed by atoms with Crippen LogP contribution in [0.25, 0.3) is 11.0 Å². The largest absolute Gasteiger partial charge is 0.423 e. The van der Waals surface area contributed by atoms with Gasteiger partial charge in [0.05, 0.1) is 6.04 Å². The van der Waals surface area contributed by atoms with E-state index in [9.17, 15) is 14.4 Å². The van der Waals surface area contributed by atoms with Crippen molar-refractivity contribution in [2.24, 2.45) is 16.5 Å². The second-order valence-corrected chi connectivity index (χ2v) is 7.61. The molecule has 32 heavy (non-hydrogen) atoms. The molecule has 1 aromatic carbocycles. The molecule has 0 unspecified atom stereocenters. The predicted octanol–water partition coefficient (Wildman–Crippen LogP) is 0.752. The van der Waals surface area contributed by atoms with E-state index in [1.54, 1.807) is 18.2 Å². The Hall–Kier alpha value is -3.11. The van der Waals surface area contributed by atoms with E-state index in [0.717, 1.165) is 30.3 Å². The summed E-state index contributed by atoms with van der Waals surface area (Å²) >= 11 is 0. The standard InChI is InChI=1S/C21H28N6O4.ClH/c1-12-10-18(28)31-17-11-13(6-7-14(12)17)26-20(30)16(5-3-9-25-21(22)23)27-19(29)15-4-2-8-24-15;/h6-7,10-11,15-16,24H,2-5,8-9H2,1H3,(H,26,30)(H,27,29)(H4,22,23,25);1H/t15-,16-;/m0./s1. The summed E-state index contributed by atoms with van der Waals surface area (Å²) in [7, 11) is 0. The highest BCUT2D eigenvalue weighted by atomic mass is 35.5. The van der Waals surface area contributed by atoms with Crippen molar-refractivity contribution in [2.75, 3.05) is 18.4 Å². The second-order valence-electron chi connectivity index (χ2n) is 7.61. The fourth-order valence-corrected chi connectivity index (χ4v) is 3.59. The van der Waals surface area contributed by atoms with Gasteiger partial charge in [0.25, 0.3) is 0 Å². The number of hydrogen-bond acceptors (Lipinski definition) is 6. The zero-order chi connectivity index (χ0) is 22.4. The number of carbonyl (C=O) groups is 2. The molecule has 11 heteroatoms. The number of carbonyl (C=O) groups excluding carboxylic acids is 2. The van der Waals surface area contributed by atoms with Crippen LogP contribution in [0.3, 0.4) is 0 Å². The van der Waals surface area contributed by atoms with Gasteiger partial charge in [-0.05, 0) is 56.8 Å². The predicted molar refractivity (Wildman–Crippen MR) is 126 cm³/mol. The number of anilines is 1. The van der Waals surface area contributed by atoms with E-state index >= 15 is 0 Å². The molecule has 2 aromatic rings. The van der Waals surface area contributed by atoms with Gasteiger partial charge in [-0.2, -0.15) is 0 Å². The molecule has 1 saturated heterocycles. The van der Waals surface area contributed by atoms with Crippen LogP contribution in [0.15, 0.2) is 38.5 Å². The highest BCUT2D eigenvalue weighted by Gasteiger charge is 2.27. The van der Waals surface area contributed by atoms with Gasteiger partial charge in [-0.15, -0.1) is 12.4 Å². The SMILES string of the molecule is Cc1cc(=O)oc2cc(NC(=O)[C@H](CCCN=C(N)N)NC(=O)[C@@H]3CCCN3)ccc12.Cl. The smallest absolute Gasteiger partial charge is 0.336 e. The number of nitrogens with two attached hydrogens (primary N) is 2. The molecule has 0 aliphatic carbocycles. The zero-order valence-electron chi connectivity index (χ0n) is 17.8. The van der Waals surface area contributed by atoms with Gasteiger partial charge in [-0.1, -0.05) is 0 Å². The summed E-state index contributed by atoms with van der Waals surface area (Å²) in [6.07, 6.45) is 2.53. The number of nitrogens with zero attached hydrogens (tertiary/aromatic N) is 1. The van der Waals surface area contributed by atoms with E-state index in [4.69, 9.17) is 15.9 Å². The number of aliphatic imine (C=N–C) groups is 1.